The van der Waals surface area contributed by atoms with Gasteiger partial charge in [-0.15, -0.1) is 0 Å². The largest absolute Gasteiger partial charge is 0.392 e. The molecule has 4 heteroatoms. The van der Waals surface area contributed by atoms with Crippen LogP contribution in [0.5, 0.6) is 0 Å². The summed E-state index contributed by atoms with van der Waals surface area (Å²) < 4.78 is 13.5. The van der Waals surface area contributed by atoms with Crippen molar-refractivity contribution in [2.24, 2.45) is 0 Å². The van der Waals surface area contributed by atoms with Gasteiger partial charge < -0.3 is 10.4 Å². The summed E-state index contributed by atoms with van der Waals surface area (Å²) in [5, 5.41) is 12.7. The van der Waals surface area contributed by atoms with Crippen molar-refractivity contribution in [3.63, 3.8) is 0 Å². The van der Waals surface area contributed by atoms with Crippen LogP contribution in [0.2, 0.25) is 5.02 Å². The smallest absolute Gasteiger partial charge is 0.146 e. The minimum absolute atomic E-state index is 0.120. The standard InChI is InChI=1S/C12H17ClFNO/c1-8(16)12(2,3)15-7-9-5-4-6-10(13)11(9)14/h4-6,8,15-16H,7H2,1-3H3. The fraction of sp³-hybridized carbons (Fsp3) is 0.500. The number of aliphatic hydroxyl groups excluding tert-OH is 1. The Balaban J connectivity index is 2.72. The van der Waals surface area contributed by atoms with Crippen LogP contribution in [0.25, 0.3) is 0 Å². The first-order valence-electron chi connectivity index (χ1n) is 5.20. The van der Waals surface area contributed by atoms with Crippen molar-refractivity contribution in [3.8, 4) is 0 Å². The first kappa shape index (κ1) is 13.4. The van der Waals surface area contributed by atoms with Crippen LogP contribution in [-0.4, -0.2) is 16.7 Å². The second-order valence-corrected chi connectivity index (χ2v) is 4.87. The van der Waals surface area contributed by atoms with Gasteiger partial charge in [0.15, 0.2) is 0 Å². The molecule has 1 aromatic carbocycles. The molecule has 16 heavy (non-hydrogen) atoms. The SMILES string of the molecule is CC(O)C(C)(C)NCc1cccc(Cl)c1F. The summed E-state index contributed by atoms with van der Waals surface area (Å²) in [6.07, 6.45) is -0.519. The van der Waals surface area contributed by atoms with Crippen LogP contribution in [0.15, 0.2) is 18.2 Å². The number of benzene rings is 1. The summed E-state index contributed by atoms with van der Waals surface area (Å²) in [5.41, 5.74) is 0.0376. The van der Waals surface area contributed by atoms with E-state index < -0.39 is 17.5 Å². The lowest BCUT2D eigenvalue weighted by molar-refractivity contribution is 0.0954. The maximum absolute atomic E-state index is 13.5. The topological polar surface area (TPSA) is 32.3 Å². The minimum Gasteiger partial charge on any atom is -0.392 e. The molecule has 0 bridgehead atoms. The molecule has 0 amide bonds. The molecular formula is C12H17ClFNO. The molecule has 0 saturated carbocycles. The molecule has 0 spiro atoms. The van der Waals surface area contributed by atoms with E-state index >= 15 is 0 Å². The number of hydrogen-bond donors (Lipinski definition) is 2. The van der Waals surface area contributed by atoms with Crippen molar-refractivity contribution in [2.75, 3.05) is 0 Å². The van der Waals surface area contributed by atoms with Gasteiger partial charge in [-0.2, -0.15) is 0 Å². The van der Waals surface area contributed by atoms with Gasteiger partial charge in [0.1, 0.15) is 5.82 Å². The minimum atomic E-state index is -0.519. The number of rotatable bonds is 4. The fourth-order valence-electron chi connectivity index (χ4n) is 1.16. The molecular weight excluding hydrogens is 229 g/mol. The van der Waals surface area contributed by atoms with E-state index in [4.69, 9.17) is 11.6 Å². The highest BCUT2D eigenvalue weighted by Crippen LogP contribution is 2.18. The van der Waals surface area contributed by atoms with E-state index in [1.807, 2.05) is 13.8 Å². The second kappa shape index (κ2) is 5.13. The Morgan fingerprint density at radius 1 is 1.50 bits per heavy atom. The predicted molar refractivity (Wildman–Crippen MR) is 64.0 cm³/mol. The molecule has 90 valence electrons. The molecule has 2 nitrogen and oxygen atoms in total. The molecule has 0 aliphatic rings. The number of halogens is 2. The third kappa shape index (κ3) is 3.17. The summed E-state index contributed by atoms with van der Waals surface area (Å²) in [5.74, 6) is -0.405. The van der Waals surface area contributed by atoms with Crippen molar-refractivity contribution in [2.45, 2.75) is 39.0 Å². The summed E-state index contributed by atoms with van der Waals surface area (Å²) in [4.78, 5) is 0. The molecule has 0 aliphatic heterocycles. The van der Waals surface area contributed by atoms with Gasteiger partial charge in [-0.05, 0) is 26.8 Å². The summed E-state index contributed by atoms with van der Waals surface area (Å²) >= 11 is 5.67. The van der Waals surface area contributed by atoms with E-state index in [1.165, 1.54) is 6.07 Å². The predicted octanol–water partition coefficient (Wildman–Crippen LogP) is 2.73. The van der Waals surface area contributed by atoms with Gasteiger partial charge in [-0.25, -0.2) is 4.39 Å². The maximum atomic E-state index is 13.5. The molecule has 1 aromatic rings. The zero-order valence-corrected chi connectivity index (χ0v) is 10.5. The third-order valence-electron chi connectivity index (χ3n) is 2.81. The molecule has 0 aromatic heterocycles. The van der Waals surface area contributed by atoms with Gasteiger partial charge in [-0.3, -0.25) is 0 Å². The zero-order valence-electron chi connectivity index (χ0n) is 9.72. The first-order chi connectivity index (χ1) is 7.34. The molecule has 1 unspecified atom stereocenters. The molecule has 1 atom stereocenters. The highest BCUT2D eigenvalue weighted by atomic mass is 35.5. The van der Waals surface area contributed by atoms with Crippen LogP contribution >= 0.6 is 11.6 Å². The van der Waals surface area contributed by atoms with Crippen LogP contribution in [0.3, 0.4) is 0 Å². The van der Waals surface area contributed by atoms with Crippen molar-refractivity contribution < 1.29 is 9.50 Å². The van der Waals surface area contributed by atoms with Gasteiger partial charge in [0.05, 0.1) is 11.1 Å². The number of hydrogen-bond acceptors (Lipinski definition) is 2. The molecule has 0 saturated heterocycles. The van der Waals surface area contributed by atoms with Gasteiger partial charge in [-0.1, -0.05) is 23.7 Å². The molecule has 2 N–H and O–H groups in total. The Bertz CT molecular complexity index is 366. The average molecular weight is 246 g/mol. The van der Waals surface area contributed by atoms with Crippen LogP contribution in [0, 0.1) is 5.82 Å². The zero-order chi connectivity index (χ0) is 12.3. The van der Waals surface area contributed by atoms with Crippen LogP contribution in [0.1, 0.15) is 26.3 Å². The Labute approximate surface area is 100 Å². The van der Waals surface area contributed by atoms with E-state index in [0.29, 0.717) is 12.1 Å². The number of aliphatic hydroxyl groups is 1. The Morgan fingerprint density at radius 2 is 2.12 bits per heavy atom. The third-order valence-corrected chi connectivity index (χ3v) is 3.10. The van der Waals surface area contributed by atoms with Crippen LogP contribution in [0.4, 0.5) is 4.39 Å². The van der Waals surface area contributed by atoms with E-state index in [0.717, 1.165) is 0 Å². The van der Waals surface area contributed by atoms with Crippen molar-refractivity contribution >= 4 is 11.6 Å². The van der Waals surface area contributed by atoms with Crippen molar-refractivity contribution in [1.82, 2.24) is 5.32 Å². The monoisotopic (exact) mass is 245 g/mol. The Morgan fingerprint density at radius 3 is 2.69 bits per heavy atom. The van der Waals surface area contributed by atoms with E-state index in [9.17, 15) is 9.50 Å². The summed E-state index contributed by atoms with van der Waals surface area (Å²) in [6.45, 7) is 5.76. The highest BCUT2D eigenvalue weighted by molar-refractivity contribution is 6.30. The van der Waals surface area contributed by atoms with Crippen LogP contribution in [-0.2, 0) is 6.54 Å². The maximum Gasteiger partial charge on any atom is 0.146 e. The molecule has 0 heterocycles. The quantitative estimate of drug-likeness (QED) is 0.855. The Hall–Kier alpha value is -0.640. The molecule has 0 fully saturated rings. The van der Waals surface area contributed by atoms with Crippen molar-refractivity contribution in [3.05, 3.63) is 34.6 Å². The molecule has 0 aliphatic carbocycles. The fourth-order valence-corrected chi connectivity index (χ4v) is 1.35. The van der Waals surface area contributed by atoms with Gasteiger partial charge in [0.25, 0.3) is 0 Å². The number of nitrogens with one attached hydrogen (secondary N) is 1. The average Bonchev–Trinajstić information content (AvgIpc) is 2.20. The normalized spacial score (nSPS) is 13.9. The van der Waals surface area contributed by atoms with Gasteiger partial charge in [0.2, 0.25) is 0 Å². The lowest BCUT2D eigenvalue weighted by atomic mass is 9.98. The summed E-state index contributed by atoms with van der Waals surface area (Å²) in [7, 11) is 0. The molecule has 0 radical (unpaired) electrons. The van der Waals surface area contributed by atoms with E-state index in [2.05, 4.69) is 5.32 Å². The van der Waals surface area contributed by atoms with E-state index in [-0.39, 0.29) is 5.02 Å². The van der Waals surface area contributed by atoms with Crippen molar-refractivity contribution in [1.29, 1.82) is 0 Å². The lowest BCUT2D eigenvalue weighted by Gasteiger charge is -2.29. The molecule has 1 rings (SSSR count). The first-order valence-corrected chi connectivity index (χ1v) is 5.58. The second-order valence-electron chi connectivity index (χ2n) is 4.46. The Kier molecular flexibility index (Phi) is 4.30. The van der Waals surface area contributed by atoms with E-state index in [1.54, 1.807) is 19.1 Å². The summed E-state index contributed by atoms with van der Waals surface area (Å²) in [6, 6.07) is 4.89. The lowest BCUT2D eigenvalue weighted by Crippen LogP contribution is -2.47. The van der Waals surface area contributed by atoms with Crippen LogP contribution < -0.4 is 5.32 Å². The van der Waals surface area contributed by atoms with Gasteiger partial charge in [0, 0.05) is 17.6 Å². The van der Waals surface area contributed by atoms with Gasteiger partial charge >= 0.3 is 0 Å². The highest BCUT2D eigenvalue weighted by Gasteiger charge is 2.23.